The highest BCUT2D eigenvalue weighted by molar-refractivity contribution is 6.02. The molecule has 2 atom stereocenters. The Bertz CT molecular complexity index is 1250. The third kappa shape index (κ3) is 2.98. The standard InChI is InChI=1S/C20H15F2N5O3/c21-10-6-4-9(5-7-10)15-14(11-2-1-3-12(22)16(11)24-15)19-26-27-20(30-19)25-17-13(28)8-23-18(17)29/h1-7,13,17,24,28H,8H2,(H,23,29)(H,25,27)/t13-,17+/m1/s1. The Balaban J connectivity index is 1.61. The molecule has 0 bridgehead atoms. The summed E-state index contributed by atoms with van der Waals surface area (Å²) in [7, 11) is 0. The molecule has 0 radical (unpaired) electrons. The number of rotatable bonds is 4. The molecule has 1 amide bonds. The fraction of sp³-hybridized carbons (Fsp3) is 0.150. The second-order valence-corrected chi connectivity index (χ2v) is 6.89. The minimum absolute atomic E-state index is 0.0677. The highest BCUT2D eigenvalue weighted by Crippen LogP contribution is 2.39. The number of aliphatic hydroxyl groups is 1. The molecule has 30 heavy (non-hydrogen) atoms. The molecule has 8 nitrogen and oxygen atoms in total. The lowest BCUT2D eigenvalue weighted by molar-refractivity contribution is -0.120. The lowest BCUT2D eigenvalue weighted by Crippen LogP contribution is -2.36. The smallest absolute Gasteiger partial charge is 0.316 e. The number of aromatic amines is 1. The molecule has 0 unspecified atom stereocenters. The van der Waals surface area contributed by atoms with Gasteiger partial charge in [-0.1, -0.05) is 17.2 Å². The third-order valence-electron chi connectivity index (χ3n) is 4.99. The van der Waals surface area contributed by atoms with Gasteiger partial charge in [0.1, 0.15) is 23.8 Å². The number of hydrogen-bond donors (Lipinski definition) is 4. The molecule has 1 saturated heterocycles. The summed E-state index contributed by atoms with van der Waals surface area (Å²) in [6.45, 7) is 0.119. The number of carbonyl (C=O) groups excluding carboxylic acids is 1. The fourth-order valence-corrected chi connectivity index (χ4v) is 3.52. The molecule has 1 aliphatic heterocycles. The molecule has 4 aromatic rings. The van der Waals surface area contributed by atoms with Crippen molar-refractivity contribution in [1.82, 2.24) is 20.5 Å². The van der Waals surface area contributed by atoms with Gasteiger partial charge >= 0.3 is 6.01 Å². The van der Waals surface area contributed by atoms with Crippen LogP contribution in [0.5, 0.6) is 0 Å². The predicted molar refractivity (Wildman–Crippen MR) is 103 cm³/mol. The first-order valence-corrected chi connectivity index (χ1v) is 9.13. The summed E-state index contributed by atoms with van der Waals surface area (Å²) in [4.78, 5) is 14.8. The number of hydrogen-bond acceptors (Lipinski definition) is 6. The maximum atomic E-state index is 14.4. The first-order valence-electron chi connectivity index (χ1n) is 9.13. The van der Waals surface area contributed by atoms with Crippen LogP contribution in [0.2, 0.25) is 0 Å². The van der Waals surface area contributed by atoms with Gasteiger partial charge in [0.25, 0.3) is 5.89 Å². The van der Waals surface area contributed by atoms with E-state index in [1.807, 2.05) is 0 Å². The molecule has 1 aliphatic rings. The fourth-order valence-electron chi connectivity index (χ4n) is 3.52. The highest BCUT2D eigenvalue weighted by atomic mass is 19.1. The van der Waals surface area contributed by atoms with Gasteiger partial charge in [-0.15, -0.1) is 5.10 Å². The number of para-hydroxylation sites is 1. The summed E-state index contributed by atoms with van der Waals surface area (Å²) in [5.74, 6) is -1.18. The molecular weight excluding hydrogens is 396 g/mol. The number of carbonyl (C=O) groups is 1. The molecular formula is C20H15F2N5O3. The van der Waals surface area contributed by atoms with Crippen molar-refractivity contribution in [2.75, 3.05) is 11.9 Å². The number of benzene rings is 2. The van der Waals surface area contributed by atoms with Gasteiger partial charge < -0.3 is 25.1 Å². The Morgan fingerprint density at radius 1 is 1.13 bits per heavy atom. The molecule has 2 aromatic carbocycles. The average molecular weight is 411 g/mol. The van der Waals surface area contributed by atoms with Gasteiger partial charge in [0.05, 0.1) is 16.8 Å². The summed E-state index contributed by atoms with van der Waals surface area (Å²) in [5, 5.41) is 23.5. The van der Waals surface area contributed by atoms with Crippen LogP contribution in [0.4, 0.5) is 14.8 Å². The Kier molecular flexibility index (Phi) is 4.21. The maximum absolute atomic E-state index is 14.4. The first-order chi connectivity index (χ1) is 14.5. The van der Waals surface area contributed by atoms with Crippen molar-refractivity contribution in [3.05, 3.63) is 54.1 Å². The number of halogens is 2. The van der Waals surface area contributed by atoms with E-state index in [4.69, 9.17) is 4.42 Å². The zero-order valence-corrected chi connectivity index (χ0v) is 15.3. The van der Waals surface area contributed by atoms with E-state index >= 15 is 0 Å². The van der Waals surface area contributed by atoms with Crippen molar-refractivity contribution < 1.29 is 23.1 Å². The van der Waals surface area contributed by atoms with E-state index in [0.29, 0.717) is 22.2 Å². The number of fused-ring (bicyclic) bond motifs is 1. The Morgan fingerprint density at radius 2 is 1.93 bits per heavy atom. The Morgan fingerprint density at radius 3 is 2.67 bits per heavy atom. The van der Waals surface area contributed by atoms with Gasteiger partial charge in [-0.05, 0) is 35.9 Å². The van der Waals surface area contributed by atoms with Gasteiger partial charge in [-0.3, -0.25) is 4.79 Å². The number of anilines is 1. The molecule has 3 heterocycles. The van der Waals surface area contributed by atoms with E-state index in [2.05, 4.69) is 25.8 Å². The molecule has 2 aromatic heterocycles. The van der Waals surface area contributed by atoms with Crippen molar-refractivity contribution in [1.29, 1.82) is 0 Å². The largest absolute Gasteiger partial charge is 0.403 e. The number of nitrogens with one attached hydrogen (secondary N) is 3. The molecule has 0 saturated carbocycles. The quantitative estimate of drug-likeness (QED) is 0.410. The van der Waals surface area contributed by atoms with Gasteiger partial charge in [-0.25, -0.2) is 8.78 Å². The number of H-pyrrole nitrogens is 1. The molecule has 1 fully saturated rings. The van der Waals surface area contributed by atoms with Crippen LogP contribution >= 0.6 is 0 Å². The van der Waals surface area contributed by atoms with Gasteiger partial charge in [-0.2, -0.15) is 0 Å². The number of aliphatic hydroxyl groups excluding tert-OH is 1. The van der Waals surface area contributed by atoms with Crippen LogP contribution in [0, 0.1) is 11.6 Å². The Hall–Kier alpha value is -3.79. The lowest BCUT2D eigenvalue weighted by Gasteiger charge is -2.10. The molecule has 0 spiro atoms. The second-order valence-electron chi connectivity index (χ2n) is 6.89. The van der Waals surface area contributed by atoms with E-state index in [0.717, 1.165) is 0 Å². The van der Waals surface area contributed by atoms with Gasteiger partial charge in [0, 0.05) is 11.9 Å². The monoisotopic (exact) mass is 411 g/mol. The summed E-state index contributed by atoms with van der Waals surface area (Å²) in [6, 6.07) is 9.27. The molecule has 10 heteroatoms. The lowest BCUT2D eigenvalue weighted by atomic mass is 10.1. The van der Waals surface area contributed by atoms with E-state index in [9.17, 15) is 18.7 Å². The second kappa shape index (κ2) is 6.92. The Labute approximate surface area is 167 Å². The highest BCUT2D eigenvalue weighted by Gasteiger charge is 2.34. The zero-order valence-electron chi connectivity index (χ0n) is 15.3. The number of β-amino-alcohol motifs (C(OH)–C–C–N with tert-alkyl or cyclic N) is 1. The van der Waals surface area contributed by atoms with Crippen molar-refractivity contribution >= 4 is 22.8 Å². The van der Waals surface area contributed by atoms with Crippen LogP contribution < -0.4 is 10.6 Å². The van der Waals surface area contributed by atoms with Crippen LogP contribution in [0.1, 0.15) is 0 Å². The van der Waals surface area contributed by atoms with Crippen molar-refractivity contribution in [3.63, 3.8) is 0 Å². The van der Waals surface area contributed by atoms with Crippen LogP contribution in [-0.2, 0) is 4.79 Å². The van der Waals surface area contributed by atoms with Crippen LogP contribution in [-0.4, -0.2) is 44.9 Å². The number of aromatic nitrogens is 3. The van der Waals surface area contributed by atoms with E-state index in [1.54, 1.807) is 24.3 Å². The topological polar surface area (TPSA) is 116 Å². The normalized spacial score (nSPS) is 18.7. The summed E-state index contributed by atoms with van der Waals surface area (Å²) < 4.78 is 33.5. The summed E-state index contributed by atoms with van der Waals surface area (Å²) in [5.41, 5.74) is 1.75. The minimum atomic E-state index is -0.940. The number of nitrogens with zero attached hydrogens (tertiary/aromatic N) is 2. The van der Waals surface area contributed by atoms with Gasteiger partial charge in [0.15, 0.2) is 0 Å². The maximum Gasteiger partial charge on any atom is 0.316 e. The summed E-state index contributed by atoms with van der Waals surface area (Å²) in [6.07, 6.45) is -0.940. The van der Waals surface area contributed by atoms with Crippen LogP contribution in [0.25, 0.3) is 33.6 Å². The summed E-state index contributed by atoms with van der Waals surface area (Å²) >= 11 is 0. The molecule has 0 aliphatic carbocycles. The van der Waals surface area contributed by atoms with E-state index < -0.39 is 23.8 Å². The van der Waals surface area contributed by atoms with E-state index in [1.165, 1.54) is 18.2 Å². The van der Waals surface area contributed by atoms with E-state index in [-0.39, 0.29) is 29.9 Å². The molecule has 4 N–H and O–H groups in total. The first kappa shape index (κ1) is 18.3. The van der Waals surface area contributed by atoms with Crippen LogP contribution in [0.15, 0.2) is 46.9 Å². The third-order valence-corrected chi connectivity index (χ3v) is 4.99. The zero-order chi connectivity index (χ0) is 20.8. The van der Waals surface area contributed by atoms with Crippen molar-refractivity contribution in [2.24, 2.45) is 0 Å². The molecule has 5 rings (SSSR count). The average Bonchev–Trinajstić information content (AvgIpc) is 3.43. The SMILES string of the molecule is O=C1NC[C@@H](O)[C@@H]1Nc1nnc(-c2c(-c3ccc(F)cc3)[nH]c3c(F)cccc23)o1. The van der Waals surface area contributed by atoms with Crippen molar-refractivity contribution in [3.8, 4) is 22.7 Å². The predicted octanol–water partition coefficient (Wildman–Crippen LogP) is 2.43. The van der Waals surface area contributed by atoms with Gasteiger partial charge in [0.2, 0.25) is 5.91 Å². The molecule has 152 valence electrons. The van der Waals surface area contributed by atoms with Crippen molar-refractivity contribution in [2.45, 2.75) is 12.1 Å². The minimum Gasteiger partial charge on any atom is -0.403 e. The van der Waals surface area contributed by atoms with Crippen LogP contribution in [0.3, 0.4) is 0 Å². The number of amides is 1.